The van der Waals surface area contributed by atoms with E-state index in [1.54, 1.807) is 11.3 Å². The van der Waals surface area contributed by atoms with Gasteiger partial charge in [0.2, 0.25) is 0 Å². The molecule has 2 rings (SSSR count). The maximum atomic E-state index is 5.73. The highest BCUT2D eigenvalue weighted by Crippen LogP contribution is 2.28. The van der Waals surface area contributed by atoms with Crippen molar-refractivity contribution in [2.45, 2.75) is 52.4 Å². The van der Waals surface area contributed by atoms with Crippen LogP contribution in [0.15, 0.2) is 10.4 Å². The lowest BCUT2D eigenvalue weighted by molar-refractivity contribution is 0.115. The molecule has 0 spiro atoms. The van der Waals surface area contributed by atoms with Gasteiger partial charge >= 0.3 is 0 Å². The summed E-state index contributed by atoms with van der Waals surface area (Å²) in [7, 11) is 2.07. The number of ether oxygens (including phenoxy) is 1. The Kier molecular flexibility index (Phi) is 10.4. The Hall–Kier alpha value is -0.410. The summed E-state index contributed by atoms with van der Waals surface area (Å²) in [6.45, 7) is 12.9. The third kappa shape index (κ3) is 8.52. The third-order valence-corrected chi connectivity index (χ3v) is 5.13. The smallest absolute Gasteiger partial charge is 0.193 e. The Morgan fingerprint density at radius 1 is 1.42 bits per heavy atom. The van der Waals surface area contributed by atoms with E-state index in [-0.39, 0.29) is 29.4 Å². The summed E-state index contributed by atoms with van der Waals surface area (Å²) in [6, 6.07) is 0. The zero-order valence-corrected chi connectivity index (χ0v) is 20.0. The average molecular weight is 494 g/mol. The second-order valence-corrected chi connectivity index (χ2v) is 8.74. The second-order valence-electron chi connectivity index (χ2n) is 7.80. The van der Waals surface area contributed by atoms with Gasteiger partial charge in [-0.1, -0.05) is 20.8 Å². The van der Waals surface area contributed by atoms with Crippen LogP contribution in [0.4, 0.5) is 0 Å². The molecule has 1 aliphatic rings. The lowest BCUT2D eigenvalue weighted by Gasteiger charge is -2.22. The molecule has 0 radical (unpaired) electrons. The summed E-state index contributed by atoms with van der Waals surface area (Å²) < 4.78 is 5.73. The van der Waals surface area contributed by atoms with Crippen LogP contribution in [0.3, 0.4) is 0 Å². The number of aromatic nitrogens is 1. The summed E-state index contributed by atoms with van der Waals surface area (Å²) >= 11 is 1.74. The summed E-state index contributed by atoms with van der Waals surface area (Å²) in [5.74, 6) is 1.77. The second kappa shape index (κ2) is 11.4. The van der Waals surface area contributed by atoms with Gasteiger partial charge in [0.25, 0.3) is 0 Å². The first-order valence-corrected chi connectivity index (χ1v) is 10.3. The number of likely N-dealkylation sites (N-methyl/N-ethyl adjacent to an activating group) is 1. The van der Waals surface area contributed by atoms with Crippen LogP contribution in [0, 0.1) is 5.92 Å². The van der Waals surface area contributed by atoms with Crippen molar-refractivity contribution in [3.63, 3.8) is 0 Å². The van der Waals surface area contributed by atoms with Crippen molar-refractivity contribution in [3.05, 3.63) is 16.1 Å². The fourth-order valence-corrected chi connectivity index (χ4v) is 3.35. The molecule has 1 aromatic rings. The van der Waals surface area contributed by atoms with Crippen molar-refractivity contribution < 1.29 is 4.74 Å². The monoisotopic (exact) mass is 494 g/mol. The van der Waals surface area contributed by atoms with Gasteiger partial charge in [-0.25, -0.2) is 4.98 Å². The van der Waals surface area contributed by atoms with E-state index < -0.39 is 0 Å². The lowest BCUT2D eigenvalue weighted by Crippen LogP contribution is -2.40. The Bertz CT molecular complexity index is 552. The van der Waals surface area contributed by atoms with E-state index in [9.17, 15) is 0 Å². The van der Waals surface area contributed by atoms with E-state index in [1.807, 2.05) is 0 Å². The molecule has 1 saturated carbocycles. The molecule has 26 heavy (non-hydrogen) atoms. The van der Waals surface area contributed by atoms with Crippen molar-refractivity contribution in [1.82, 2.24) is 15.2 Å². The van der Waals surface area contributed by atoms with E-state index in [0.717, 1.165) is 51.1 Å². The Morgan fingerprint density at radius 3 is 2.73 bits per heavy atom. The van der Waals surface area contributed by atoms with Gasteiger partial charge in [-0.3, -0.25) is 4.99 Å². The van der Waals surface area contributed by atoms with Gasteiger partial charge in [0.1, 0.15) is 0 Å². The molecule has 150 valence electrons. The number of hydrogen-bond acceptors (Lipinski definition) is 4. The molecule has 5 nitrogen and oxygen atoms in total. The molecule has 1 aliphatic carbocycles. The molecule has 0 atom stereocenters. The topological polar surface area (TPSA) is 49.8 Å². The molecule has 1 aromatic heterocycles. The van der Waals surface area contributed by atoms with Crippen LogP contribution < -0.4 is 5.32 Å². The van der Waals surface area contributed by atoms with Crippen LogP contribution >= 0.6 is 35.3 Å². The van der Waals surface area contributed by atoms with Crippen LogP contribution in [-0.4, -0.2) is 55.7 Å². The molecule has 7 heteroatoms. The number of nitrogens with zero attached hydrogens (tertiary/aromatic N) is 3. The van der Waals surface area contributed by atoms with Crippen molar-refractivity contribution in [2.75, 3.05) is 39.9 Å². The van der Waals surface area contributed by atoms with Gasteiger partial charge < -0.3 is 15.0 Å². The van der Waals surface area contributed by atoms with Gasteiger partial charge in [-0.2, -0.15) is 0 Å². The molecule has 0 aromatic carbocycles. The highest BCUT2D eigenvalue weighted by Gasteiger charge is 2.21. The van der Waals surface area contributed by atoms with Gasteiger partial charge in [0, 0.05) is 50.5 Å². The van der Waals surface area contributed by atoms with E-state index in [4.69, 9.17) is 14.7 Å². The number of rotatable bonds is 9. The quantitative estimate of drug-likeness (QED) is 0.245. The Morgan fingerprint density at radius 2 is 2.15 bits per heavy atom. The van der Waals surface area contributed by atoms with Crippen LogP contribution in [0.1, 0.15) is 51.2 Å². The molecule has 1 N–H and O–H groups in total. The molecular formula is C19H35IN4OS. The molecular weight excluding hydrogens is 459 g/mol. The minimum Gasteiger partial charge on any atom is -0.379 e. The fourth-order valence-electron chi connectivity index (χ4n) is 2.34. The van der Waals surface area contributed by atoms with E-state index >= 15 is 0 Å². The number of aliphatic imine (C=N–C) groups is 1. The molecule has 0 amide bonds. The minimum atomic E-state index is 0. The van der Waals surface area contributed by atoms with Crippen molar-refractivity contribution in [1.29, 1.82) is 0 Å². The Labute approximate surface area is 180 Å². The summed E-state index contributed by atoms with van der Waals surface area (Å²) in [6.07, 6.45) is 3.57. The van der Waals surface area contributed by atoms with Crippen LogP contribution in [-0.2, 0) is 16.6 Å². The number of halogens is 1. The van der Waals surface area contributed by atoms with Gasteiger partial charge in [0.15, 0.2) is 5.96 Å². The van der Waals surface area contributed by atoms with Crippen molar-refractivity contribution in [3.8, 4) is 0 Å². The molecule has 1 heterocycles. The van der Waals surface area contributed by atoms with Crippen molar-refractivity contribution >= 4 is 41.3 Å². The minimum absolute atomic E-state index is 0. The van der Waals surface area contributed by atoms with Gasteiger partial charge in [-0.15, -0.1) is 35.3 Å². The SMILES string of the molecule is CCNC(=NCCc1nc(C(C)(C)C)cs1)N(C)CCOCC1CC1.I. The van der Waals surface area contributed by atoms with Gasteiger partial charge in [-0.05, 0) is 25.7 Å². The van der Waals surface area contributed by atoms with Crippen LogP contribution in [0.5, 0.6) is 0 Å². The first kappa shape index (κ1) is 23.6. The zero-order valence-electron chi connectivity index (χ0n) is 16.9. The lowest BCUT2D eigenvalue weighted by atomic mass is 9.93. The molecule has 0 aliphatic heterocycles. The summed E-state index contributed by atoms with van der Waals surface area (Å²) in [5, 5.41) is 6.70. The highest BCUT2D eigenvalue weighted by molar-refractivity contribution is 14.0. The van der Waals surface area contributed by atoms with Crippen LogP contribution in [0.2, 0.25) is 0 Å². The summed E-state index contributed by atoms with van der Waals surface area (Å²) in [5.41, 5.74) is 1.29. The normalized spacial score (nSPS) is 14.9. The van der Waals surface area contributed by atoms with Crippen LogP contribution in [0.25, 0.3) is 0 Å². The number of guanidine groups is 1. The molecule has 0 unspecified atom stereocenters. The molecule has 0 bridgehead atoms. The standard InChI is InChI=1S/C19H34N4OS.HI/c1-6-20-18(23(5)11-12-24-13-15-7-8-15)21-10-9-17-22-16(14-25-17)19(2,3)4;/h14-15H,6-13H2,1-5H3,(H,20,21);1H. The zero-order chi connectivity index (χ0) is 18.3. The van der Waals surface area contributed by atoms with Gasteiger partial charge in [0.05, 0.1) is 17.3 Å². The molecule has 1 fully saturated rings. The van der Waals surface area contributed by atoms with E-state index in [2.05, 4.69) is 50.3 Å². The fraction of sp³-hybridized carbons (Fsp3) is 0.789. The van der Waals surface area contributed by atoms with Crippen molar-refractivity contribution in [2.24, 2.45) is 10.9 Å². The largest absolute Gasteiger partial charge is 0.379 e. The first-order valence-electron chi connectivity index (χ1n) is 9.42. The summed E-state index contributed by atoms with van der Waals surface area (Å²) in [4.78, 5) is 11.6. The predicted molar refractivity (Wildman–Crippen MR) is 122 cm³/mol. The molecule has 0 saturated heterocycles. The predicted octanol–water partition coefficient (Wildman–Crippen LogP) is 3.93. The number of thiazole rings is 1. The van der Waals surface area contributed by atoms with E-state index in [1.165, 1.54) is 23.5 Å². The average Bonchev–Trinajstić information content (AvgIpc) is 3.24. The van der Waals surface area contributed by atoms with E-state index in [0.29, 0.717) is 0 Å². The number of hydrogen-bond donors (Lipinski definition) is 1. The third-order valence-electron chi connectivity index (χ3n) is 4.23. The first-order chi connectivity index (χ1) is 11.9. The Balaban J connectivity index is 0.00000338. The number of nitrogens with one attached hydrogen (secondary N) is 1. The maximum absolute atomic E-state index is 5.73. The highest BCUT2D eigenvalue weighted by atomic mass is 127. The maximum Gasteiger partial charge on any atom is 0.193 e.